The second kappa shape index (κ2) is 11.4. The van der Waals surface area contributed by atoms with Crippen molar-refractivity contribution in [2.75, 3.05) is 31.3 Å². The number of thiazole rings is 1. The van der Waals surface area contributed by atoms with Crippen molar-refractivity contribution in [3.8, 4) is 11.3 Å². The summed E-state index contributed by atoms with van der Waals surface area (Å²) in [4.78, 5) is 16.2. The number of morpholine rings is 1. The smallest absolute Gasteiger partial charge is 0.269 e. The molecule has 0 saturated carbocycles. The Hall–Kier alpha value is -3.97. The quantitative estimate of drug-likeness (QED) is 0.196. The fourth-order valence-corrected chi connectivity index (χ4v) is 7.48. The summed E-state index contributed by atoms with van der Waals surface area (Å²) < 4.78 is 32.8. The van der Waals surface area contributed by atoms with Crippen molar-refractivity contribution >= 4 is 37.9 Å². The third-order valence-electron chi connectivity index (χ3n) is 7.53. The lowest BCUT2D eigenvalue weighted by Gasteiger charge is -2.26. The first-order valence-corrected chi connectivity index (χ1v) is 15.9. The Balaban J connectivity index is 1.33. The summed E-state index contributed by atoms with van der Waals surface area (Å²) in [6.07, 6.45) is 0.564. The number of ether oxygens (including phenoxy) is 1. The number of hydrazone groups is 1. The molecule has 4 aromatic rings. The highest BCUT2D eigenvalue weighted by atomic mass is 32.2. The van der Waals surface area contributed by atoms with E-state index in [0.717, 1.165) is 33.5 Å². The van der Waals surface area contributed by atoms with Crippen LogP contribution in [0.2, 0.25) is 0 Å². The molecule has 3 aromatic carbocycles. The van der Waals surface area contributed by atoms with E-state index in [2.05, 4.69) is 18.2 Å². The molecule has 216 valence electrons. The van der Waals surface area contributed by atoms with Crippen LogP contribution in [0.5, 0.6) is 0 Å². The van der Waals surface area contributed by atoms with Gasteiger partial charge in [0.15, 0.2) is 0 Å². The molecule has 0 N–H and O–H groups in total. The summed E-state index contributed by atoms with van der Waals surface area (Å²) in [5, 5.41) is 20.9. The Morgan fingerprint density at radius 2 is 1.79 bits per heavy atom. The van der Waals surface area contributed by atoms with Crippen molar-refractivity contribution in [2.24, 2.45) is 5.10 Å². The van der Waals surface area contributed by atoms with Gasteiger partial charge in [-0.1, -0.05) is 42.0 Å². The largest absolute Gasteiger partial charge is 0.379 e. The van der Waals surface area contributed by atoms with Gasteiger partial charge < -0.3 is 4.74 Å². The third-order valence-corrected chi connectivity index (χ3v) is 10.3. The lowest BCUT2D eigenvalue weighted by atomic mass is 9.95. The van der Waals surface area contributed by atoms with E-state index in [1.165, 1.54) is 21.7 Å². The number of aromatic nitrogens is 1. The Morgan fingerprint density at radius 1 is 1.02 bits per heavy atom. The van der Waals surface area contributed by atoms with Gasteiger partial charge in [0.05, 0.1) is 40.5 Å². The van der Waals surface area contributed by atoms with Gasteiger partial charge in [0.1, 0.15) is 0 Å². The average Bonchev–Trinajstić information content (AvgIpc) is 3.67. The first-order chi connectivity index (χ1) is 20.2. The average molecular weight is 604 g/mol. The van der Waals surface area contributed by atoms with Crippen LogP contribution in [0.4, 0.5) is 10.8 Å². The van der Waals surface area contributed by atoms with Gasteiger partial charge in [-0.05, 0) is 43.2 Å². The van der Waals surface area contributed by atoms with Gasteiger partial charge in [0.2, 0.25) is 15.2 Å². The van der Waals surface area contributed by atoms with Gasteiger partial charge in [-0.15, -0.1) is 11.3 Å². The zero-order chi connectivity index (χ0) is 29.4. The molecule has 6 rings (SSSR count). The van der Waals surface area contributed by atoms with Gasteiger partial charge in [0.25, 0.3) is 5.69 Å². The maximum atomic E-state index is 13.0. The van der Waals surface area contributed by atoms with Crippen LogP contribution in [0.25, 0.3) is 11.3 Å². The molecule has 1 fully saturated rings. The summed E-state index contributed by atoms with van der Waals surface area (Å²) in [6.45, 7) is 5.55. The van der Waals surface area contributed by atoms with Crippen LogP contribution >= 0.6 is 11.3 Å². The van der Waals surface area contributed by atoms with Gasteiger partial charge in [-0.2, -0.15) is 9.41 Å². The van der Waals surface area contributed by atoms with E-state index in [-0.39, 0.29) is 21.5 Å². The van der Waals surface area contributed by atoms with Crippen LogP contribution in [0, 0.1) is 24.0 Å². The molecule has 0 amide bonds. The number of hydrogen-bond acceptors (Lipinski definition) is 9. The van der Waals surface area contributed by atoms with Crippen molar-refractivity contribution in [2.45, 2.75) is 31.2 Å². The van der Waals surface area contributed by atoms with E-state index in [4.69, 9.17) is 14.8 Å². The lowest BCUT2D eigenvalue weighted by Crippen LogP contribution is -2.40. The van der Waals surface area contributed by atoms with Crippen molar-refractivity contribution in [3.05, 3.63) is 104 Å². The zero-order valence-corrected chi connectivity index (χ0v) is 24.8. The van der Waals surface area contributed by atoms with Gasteiger partial charge in [-0.25, -0.2) is 18.4 Å². The van der Waals surface area contributed by atoms with E-state index in [1.807, 2.05) is 30.3 Å². The lowest BCUT2D eigenvalue weighted by molar-refractivity contribution is -0.384. The summed E-state index contributed by atoms with van der Waals surface area (Å²) in [7, 11) is -3.59. The van der Waals surface area contributed by atoms with Gasteiger partial charge in [-0.3, -0.25) is 10.1 Å². The maximum Gasteiger partial charge on any atom is 0.269 e. The summed E-state index contributed by atoms with van der Waals surface area (Å²) in [6, 6.07) is 19.4. The Kier molecular flexibility index (Phi) is 7.62. The number of nitro groups is 1. The molecule has 0 bridgehead atoms. The number of hydrogen-bond donors (Lipinski definition) is 0. The van der Waals surface area contributed by atoms with Gasteiger partial charge in [0, 0.05) is 48.2 Å². The molecule has 3 heterocycles. The first-order valence-electron chi connectivity index (χ1n) is 13.5. The Morgan fingerprint density at radius 3 is 2.52 bits per heavy atom. The molecule has 0 unspecified atom stereocenters. The molecule has 1 saturated heterocycles. The standard InChI is InChI=1S/C30H29N5O5S2/c1-20-6-7-21(2)26(16-20)27-18-29(23-4-3-5-24(17-23)35(36)37)34(32-27)30-31-28(19-41-30)22-8-10-25(11-9-22)42(38,39)33-12-14-40-15-13-33/h3-11,16-17,19,29H,12-15,18H2,1-2H3/t29-/m0/s1. The van der Waals surface area contributed by atoms with Crippen LogP contribution in [-0.4, -0.2) is 54.6 Å². The molecule has 0 radical (unpaired) electrons. The van der Waals surface area contributed by atoms with Crippen molar-refractivity contribution < 1.29 is 18.1 Å². The number of sulfonamides is 1. The van der Waals surface area contributed by atoms with E-state index < -0.39 is 10.0 Å². The minimum atomic E-state index is -3.59. The highest BCUT2D eigenvalue weighted by Crippen LogP contribution is 2.40. The Bertz CT molecular complexity index is 1780. The van der Waals surface area contributed by atoms with E-state index in [1.54, 1.807) is 36.4 Å². The summed E-state index contributed by atoms with van der Waals surface area (Å²) >= 11 is 1.42. The molecule has 0 aliphatic carbocycles. The maximum absolute atomic E-state index is 13.0. The van der Waals surface area contributed by atoms with Crippen LogP contribution in [-0.2, 0) is 14.8 Å². The number of benzene rings is 3. The predicted molar refractivity (Wildman–Crippen MR) is 163 cm³/mol. The molecule has 2 aliphatic heterocycles. The van der Waals surface area contributed by atoms with E-state index >= 15 is 0 Å². The molecule has 0 spiro atoms. The van der Waals surface area contributed by atoms with Crippen molar-refractivity contribution in [1.82, 2.24) is 9.29 Å². The van der Waals surface area contributed by atoms with Crippen LogP contribution in [0.3, 0.4) is 0 Å². The number of anilines is 1. The molecule has 42 heavy (non-hydrogen) atoms. The monoisotopic (exact) mass is 603 g/mol. The van der Waals surface area contributed by atoms with Crippen LogP contribution in [0.1, 0.15) is 34.7 Å². The topological polar surface area (TPSA) is 118 Å². The normalized spacial score (nSPS) is 17.8. The minimum Gasteiger partial charge on any atom is -0.379 e. The molecule has 1 atom stereocenters. The molecule has 10 nitrogen and oxygen atoms in total. The van der Waals surface area contributed by atoms with Crippen molar-refractivity contribution in [3.63, 3.8) is 0 Å². The second-order valence-electron chi connectivity index (χ2n) is 10.3. The number of nitrogens with zero attached hydrogens (tertiary/aromatic N) is 5. The van der Waals surface area contributed by atoms with Gasteiger partial charge >= 0.3 is 0 Å². The summed E-state index contributed by atoms with van der Waals surface area (Å²) in [5.41, 5.74) is 6.44. The highest BCUT2D eigenvalue weighted by Gasteiger charge is 2.33. The molecule has 12 heteroatoms. The number of non-ortho nitro benzene ring substituents is 1. The van der Waals surface area contributed by atoms with Crippen LogP contribution in [0.15, 0.2) is 82.1 Å². The van der Waals surface area contributed by atoms with E-state index in [0.29, 0.717) is 43.5 Å². The van der Waals surface area contributed by atoms with E-state index in [9.17, 15) is 18.5 Å². The van der Waals surface area contributed by atoms with Crippen LogP contribution < -0.4 is 5.01 Å². The highest BCUT2D eigenvalue weighted by molar-refractivity contribution is 7.89. The molecule has 2 aliphatic rings. The first kappa shape index (κ1) is 28.2. The Labute approximate surface area is 248 Å². The third kappa shape index (κ3) is 5.45. The van der Waals surface area contributed by atoms with Crippen molar-refractivity contribution in [1.29, 1.82) is 0 Å². The molecular weight excluding hydrogens is 574 g/mol. The minimum absolute atomic E-state index is 0.0274. The fourth-order valence-electron chi connectivity index (χ4n) is 5.24. The predicted octanol–water partition coefficient (Wildman–Crippen LogP) is 5.71. The number of aryl methyl sites for hydroxylation is 2. The number of rotatable bonds is 7. The number of nitro benzene ring substituents is 1. The second-order valence-corrected chi connectivity index (χ2v) is 13.1. The summed E-state index contributed by atoms with van der Waals surface area (Å²) in [5.74, 6) is 0. The SMILES string of the molecule is Cc1ccc(C)c(C2=NN(c3nc(-c4ccc(S(=O)(=O)N5CCOCC5)cc4)cs3)[C@H](c3cccc([N+](=O)[O-])c3)C2)c1. The fraction of sp³-hybridized carbons (Fsp3) is 0.267. The molecule has 1 aromatic heterocycles. The zero-order valence-electron chi connectivity index (χ0n) is 23.1. The molecular formula is C30H29N5O5S2.